The SMILES string of the molecule is C[C@@H](OC(=O)CCC(=O)c1ccc(Cl)cc1)C(=O)N1CCc2ccccc2C1. The van der Waals surface area contributed by atoms with Gasteiger partial charge in [-0.2, -0.15) is 0 Å². The van der Waals surface area contributed by atoms with Crippen LogP contribution in [0, 0.1) is 0 Å². The molecule has 0 saturated carbocycles. The molecule has 0 aromatic heterocycles. The molecule has 2 aromatic carbocycles. The van der Waals surface area contributed by atoms with Gasteiger partial charge in [0.05, 0.1) is 6.42 Å². The molecule has 28 heavy (non-hydrogen) atoms. The summed E-state index contributed by atoms with van der Waals surface area (Å²) in [5.41, 5.74) is 2.86. The summed E-state index contributed by atoms with van der Waals surface area (Å²) in [6.45, 7) is 2.69. The summed E-state index contributed by atoms with van der Waals surface area (Å²) in [6.07, 6.45) is -0.123. The van der Waals surface area contributed by atoms with E-state index in [2.05, 4.69) is 6.07 Å². The van der Waals surface area contributed by atoms with Gasteiger partial charge in [-0.15, -0.1) is 0 Å². The molecule has 3 rings (SSSR count). The predicted octanol–water partition coefficient (Wildman–Crippen LogP) is 3.82. The Hall–Kier alpha value is -2.66. The molecule has 0 spiro atoms. The third-order valence-electron chi connectivity index (χ3n) is 4.82. The van der Waals surface area contributed by atoms with E-state index in [-0.39, 0.29) is 24.5 Å². The number of hydrogen-bond acceptors (Lipinski definition) is 4. The first-order valence-corrected chi connectivity index (χ1v) is 9.65. The van der Waals surface area contributed by atoms with Gasteiger partial charge in [0.1, 0.15) is 0 Å². The highest BCUT2D eigenvalue weighted by Crippen LogP contribution is 2.19. The van der Waals surface area contributed by atoms with E-state index in [9.17, 15) is 14.4 Å². The van der Waals surface area contributed by atoms with Crippen LogP contribution in [0.15, 0.2) is 48.5 Å². The van der Waals surface area contributed by atoms with Crippen LogP contribution in [-0.4, -0.2) is 35.2 Å². The number of hydrogen-bond donors (Lipinski definition) is 0. The number of ketones is 1. The number of amides is 1. The van der Waals surface area contributed by atoms with Crippen LogP contribution < -0.4 is 0 Å². The largest absolute Gasteiger partial charge is 0.453 e. The van der Waals surface area contributed by atoms with Gasteiger partial charge >= 0.3 is 5.97 Å². The summed E-state index contributed by atoms with van der Waals surface area (Å²) in [7, 11) is 0. The van der Waals surface area contributed by atoms with Crippen LogP contribution in [-0.2, 0) is 27.3 Å². The second kappa shape index (κ2) is 9.02. The molecule has 0 aliphatic carbocycles. The number of Topliss-reactive ketones (excluding diaryl/α,β-unsaturated/α-hetero) is 1. The van der Waals surface area contributed by atoms with Gasteiger partial charge in [-0.1, -0.05) is 35.9 Å². The standard InChI is InChI=1S/C22H22ClNO4/c1-15(22(27)24-13-12-16-4-2-3-5-18(16)14-24)28-21(26)11-10-20(25)17-6-8-19(23)9-7-17/h2-9,15H,10-14H2,1H3/t15-/m1/s1. The van der Waals surface area contributed by atoms with Crippen molar-refractivity contribution in [3.63, 3.8) is 0 Å². The van der Waals surface area contributed by atoms with Crippen LogP contribution in [0.4, 0.5) is 0 Å². The lowest BCUT2D eigenvalue weighted by Gasteiger charge is -2.30. The van der Waals surface area contributed by atoms with Gasteiger partial charge < -0.3 is 9.64 Å². The monoisotopic (exact) mass is 399 g/mol. The van der Waals surface area contributed by atoms with Gasteiger partial charge in [0, 0.05) is 30.1 Å². The van der Waals surface area contributed by atoms with Gasteiger partial charge in [0.15, 0.2) is 11.9 Å². The number of esters is 1. The van der Waals surface area contributed by atoms with E-state index in [1.54, 1.807) is 36.1 Å². The first-order valence-electron chi connectivity index (χ1n) is 9.28. The van der Waals surface area contributed by atoms with Crippen LogP contribution in [0.5, 0.6) is 0 Å². The number of halogens is 1. The maximum atomic E-state index is 12.6. The number of rotatable bonds is 6. The molecule has 1 atom stereocenters. The van der Waals surface area contributed by atoms with Crippen LogP contribution >= 0.6 is 11.6 Å². The number of benzene rings is 2. The fourth-order valence-corrected chi connectivity index (χ4v) is 3.37. The first kappa shape index (κ1) is 20.1. The molecule has 0 radical (unpaired) electrons. The molecule has 0 N–H and O–H groups in total. The summed E-state index contributed by atoms with van der Waals surface area (Å²) >= 11 is 5.80. The Bertz CT molecular complexity index is 878. The van der Waals surface area contributed by atoms with Crippen molar-refractivity contribution in [3.8, 4) is 0 Å². The lowest BCUT2D eigenvalue weighted by molar-refractivity contribution is -0.159. The average Bonchev–Trinajstić information content (AvgIpc) is 2.71. The van der Waals surface area contributed by atoms with Crippen LogP contribution in [0.2, 0.25) is 5.02 Å². The molecule has 146 valence electrons. The number of fused-ring (bicyclic) bond motifs is 1. The molecular weight excluding hydrogens is 378 g/mol. The van der Waals surface area contributed by atoms with Crippen LogP contribution in [0.25, 0.3) is 0 Å². The van der Waals surface area contributed by atoms with Gasteiger partial charge in [-0.25, -0.2) is 0 Å². The zero-order chi connectivity index (χ0) is 20.1. The third-order valence-corrected chi connectivity index (χ3v) is 5.07. The zero-order valence-corrected chi connectivity index (χ0v) is 16.4. The molecule has 1 aliphatic rings. The van der Waals surface area contributed by atoms with E-state index in [0.717, 1.165) is 12.0 Å². The molecule has 1 aliphatic heterocycles. The van der Waals surface area contributed by atoms with Crippen molar-refractivity contribution in [1.29, 1.82) is 0 Å². The van der Waals surface area contributed by atoms with E-state index < -0.39 is 12.1 Å². The van der Waals surface area contributed by atoms with Crippen molar-refractivity contribution in [2.45, 2.75) is 38.8 Å². The fraction of sp³-hybridized carbons (Fsp3) is 0.318. The Labute approximate surface area is 169 Å². The Morgan fingerprint density at radius 1 is 1.04 bits per heavy atom. The maximum Gasteiger partial charge on any atom is 0.307 e. The molecule has 0 unspecified atom stereocenters. The number of nitrogens with zero attached hydrogens (tertiary/aromatic N) is 1. The molecule has 0 fully saturated rings. The Balaban J connectivity index is 1.48. The van der Waals surface area contributed by atoms with Crippen molar-refractivity contribution in [3.05, 3.63) is 70.2 Å². The molecule has 5 nitrogen and oxygen atoms in total. The minimum absolute atomic E-state index is 0.0263. The first-order chi connectivity index (χ1) is 13.4. The van der Waals surface area contributed by atoms with Gasteiger partial charge in [0.2, 0.25) is 0 Å². The average molecular weight is 400 g/mol. The van der Waals surface area contributed by atoms with E-state index in [4.69, 9.17) is 16.3 Å². The summed E-state index contributed by atoms with van der Waals surface area (Å²) in [4.78, 5) is 38.5. The Kier molecular flexibility index (Phi) is 6.47. The topological polar surface area (TPSA) is 63.7 Å². The van der Waals surface area contributed by atoms with Gasteiger partial charge in [-0.05, 0) is 48.7 Å². The maximum absolute atomic E-state index is 12.6. The predicted molar refractivity (Wildman–Crippen MR) is 106 cm³/mol. The van der Waals surface area contributed by atoms with Gasteiger partial charge in [-0.3, -0.25) is 14.4 Å². The highest BCUT2D eigenvalue weighted by Gasteiger charge is 2.27. The number of ether oxygens (including phenoxy) is 1. The van der Waals surface area contributed by atoms with E-state index in [0.29, 0.717) is 23.7 Å². The molecule has 6 heteroatoms. The van der Waals surface area contributed by atoms with E-state index in [1.165, 1.54) is 5.56 Å². The highest BCUT2D eigenvalue weighted by atomic mass is 35.5. The lowest BCUT2D eigenvalue weighted by atomic mass is 9.99. The van der Waals surface area contributed by atoms with Crippen molar-refractivity contribution < 1.29 is 19.1 Å². The molecule has 1 heterocycles. The van der Waals surface area contributed by atoms with Crippen molar-refractivity contribution >= 4 is 29.3 Å². The van der Waals surface area contributed by atoms with Gasteiger partial charge in [0.25, 0.3) is 5.91 Å². The summed E-state index contributed by atoms with van der Waals surface area (Å²) < 4.78 is 5.26. The summed E-state index contributed by atoms with van der Waals surface area (Å²) in [5.74, 6) is -0.937. The highest BCUT2D eigenvalue weighted by molar-refractivity contribution is 6.30. The van der Waals surface area contributed by atoms with E-state index in [1.807, 2.05) is 18.2 Å². The zero-order valence-electron chi connectivity index (χ0n) is 15.7. The summed E-state index contributed by atoms with van der Waals surface area (Å²) in [6, 6.07) is 14.5. The molecule has 1 amide bonds. The Morgan fingerprint density at radius 3 is 2.43 bits per heavy atom. The molecule has 0 saturated heterocycles. The fourth-order valence-electron chi connectivity index (χ4n) is 3.24. The smallest absolute Gasteiger partial charge is 0.307 e. The second-order valence-electron chi connectivity index (χ2n) is 6.84. The number of carbonyl (C=O) groups is 3. The third kappa shape index (κ3) is 4.98. The molecular formula is C22H22ClNO4. The molecule has 2 aromatic rings. The quantitative estimate of drug-likeness (QED) is 0.547. The summed E-state index contributed by atoms with van der Waals surface area (Å²) in [5, 5.41) is 0.545. The molecule has 0 bridgehead atoms. The second-order valence-corrected chi connectivity index (χ2v) is 7.28. The van der Waals surface area contributed by atoms with Crippen molar-refractivity contribution in [2.24, 2.45) is 0 Å². The van der Waals surface area contributed by atoms with Crippen LogP contribution in [0.3, 0.4) is 0 Å². The van der Waals surface area contributed by atoms with E-state index >= 15 is 0 Å². The van der Waals surface area contributed by atoms with Crippen molar-refractivity contribution in [2.75, 3.05) is 6.54 Å². The Morgan fingerprint density at radius 2 is 1.71 bits per heavy atom. The minimum Gasteiger partial charge on any atom is -0.453 e. The van der Waals surface area contributed by atoms with Crippen molar-refractivity contribution in [1.82, 2.24) is 4.90 Å². The normalized spacial score (nSPS) is 14.1. The van der Waals surface area contributed by atoms with Crippen LogP contribution in [0.1, 0.15) is 41.3 Å². The lowest BCUT2D eigenvalue weighted by Crippen LogP contribution is -2.42. The minimum atomic E-state index is -0.872. The number of carbonyl (C=O) groups excluding carboxylic acids is 3.